The molecule has 0 amide bonds. The molecule has 4 aromatic rings. The first kappa shape index (κ1) is 34.8. The third-order valence-corrected chi connectivity index (χ3v) is 8.35. The van der Waals surface area contributed by atoms with Gasteiger partial charge in [-0.3, -0.25) is 4.72 Å². The molecular formula is C29H33Cl3N4O5S. The number of pyridine rings is 1. The van der Waals surface area contributed by atoms with Crippen molar-refractivity contribution in [3.8, 4) is 5.75 Å². The standard InChI is InChI=1S/C29H30N4O5S.3ClH/c1-3-20-8-11-22(12-9-20)39(36,37)31-21-10-13-25-23(18-21)24(29(34)35)19-28(30-25)33-16-14-32(15-17-33)26-6-4-5-7-27(26)38-2;;;/h4-13,18-19,31H,3,14-17H2,1-2H3,(H,34,35);3*1H. The van der Waals surface area contributed by atoms with Gasteiger partial charge in [-0.05, 0) is 60.5 Å². The Labute approximate surface area is 264 Å². The van der Waals surface area contributed by atoms with Crippen LogP contribution in [0.5, 0.6) is 5.75 Å². The van der Waals surface area contributed by atoms with Gasteiger partial charge in [0.1, 0.15) is 11.6 Å². The van der Waals surface area contributed by atoms with E-state index in [1.807, 2.05) is 31.2 Å². The highest BCUT2D eigenvalue weighted by atomic mass is 35.5. The van der Waals surface area contributed by atoms with E-state index in [1.54, 1.807) is 49.6 Å². The van der Waals surface area contributed by atoms with Crippen molar-refractivity contribution in [1.29, 1.82) is 0 Å². The van der Waals surface area contributed by atoms with E-state index >= 15 is 0 Å². The Morgan fingerprint density at radius 3 is 2.19 bits per heavy atom. The molecule has 1 aliphatic rings. The molecule has 1 aliphatic heterocycles. The van der Waals surface area contributed by atoms with Crippen LogP contribution in [0.15, 0.2) is 77.7 Å². The summed E-state index contributed by atoms with van der Waals surface area (Å²) in [5, 5.41) is 10.4. The Morgan fingerprint density at radius 1 is 0.929 bits per heavy atom. The molecule has 0 atom stereocenters. The van der Waals surface area contributed by atoms with E-state index < -0.39 is 16.0 Å². The third-order valence-electron chi connectivity index (χ3n) is 6.95. The highest BCUT2D eigenvalue weighted by molar-refractivity contribution is 7.92. The molecular weight excluding hydrogens is 623 g/mol. The number of methoxy groups -OCH3 is 1. The lowest BCUT2D eigenvalue weighted by Gasteiger charge is -2.37. The number of sulfonamides is 1. The minimum Gasteiger partial charge on any atom is -0.495 e. The summed E-state index contributed by atoms with van der Waals surface area (Å²) < 4.78 is 33.9. The van der Waals surface area contributed by atoms with Gasteiger partial charge < -0.3 is 19.6 Å². The maximum atomic E-state index is 12.9. The normalized spacial score (nSPS) is 12.9. The van der Waals surface area contributed by atoms with E-state index in [9.17, 15) is 18.3 Å². The number of aromatic carboxylic acids is 1. The lowest BCUT2D eigenvalue weighted by atomic mass is 10.1. The van der Waals surface area contributed by atoms with Crippen LogP contribution in [-0.4, -0.2) is 57.8 Å². The van der Waals surface area contributed by atoms with E-state index in [0.29, 0.717) is 29.8 Å². The largest absolute Gasteiger partial charge is 0.495 e. The average molecular weight is 656 g/mol. The Balaban J connectivity index is 0.00000205. The fraction of sp³-hybridized carbons (Fsp3) is 0.241. The molecule has 1 saturated heterocycles. The second kappa shape index (κ2) is 14.6. The highest BCUT2D eigenvalue weighted by Crippen LogP contribution is 2.31. The Hall–Kier alpha value is -3.44. The van der Waals surface area contributed by atoms with Crippen LogP contribution in [-0.2, 0) is 16.4 Å². The number of fused-ring (bicyclic) bond motifs is 1. The maximum Gasteiger partial charge on any atom is 0.336 e. The number of carboxylic acid groups (broad SMARTS) is 1. The molecule has 2 N–H and O–H groups in total. The summed E-state index contributed by atoms with van der Waals surface area (Å²) in [6.07, 6.45) is 0.808. The zero-order valence-corrected chi connectivity index (χ0v) is 26.3. The van der Waals surface area contributed by atoms with Crippen LogP contribution in [0.1, 0.15) is 22.8 Å². The fourth-order valence-electron chi connectivity index (χ4n) is 4.80. The van der Waals surface area contributed by atoms with Crippen LogP contribution in [0.2, 0.25) is 0 Å². The van der Waals surface area contributed by atoms with Crippen LogP contribution < -0.4 is 19.3 Å². The maximum absolute atomic E-state index is 12.9. The van der Waals surface area contributed by atoms with Crippen molar-refractivity contribution in [2.24, 2.45) is 0 Å². The Bertz CT molecular complexity index is 1630. The van der Waals surface area contributed by atoms with Crippen LogP contribution in [0.4, 0.5) is 17.2 Å². The van der Waals surface area contributed by atoms with Crippen LogP contribution in [0.3, 0.4) is 0 Å². The number of nitrogens with one attached hydrogen (secondary N) is 1. The lowest BCUT2D eigenvalue weighted by molar-refractivity contribution is 0.0699. The topological polar surface area (TPSA) is 112 Å². The number of halogens is 3. The SMILES string of the molecule is CCc1ccc(S(=O)(=O)Nc2ccc3nc(N4CCN(c5ccccc5OC)CC4)cc(C(=O)O)c3c2)cc1.Cl.Cl.Cl. The van der Waals surface area contributed by atoms with Gasteiger partial charge in [-0.25, -0.2) is 18.2 Å². The van der Waals surface area contributed by atoms with E-state index in [2.05, 4.69) is 14.5 Å². The van der Waals surface area contributed by atoms with Gasteiger partial charge in [-0.1, -0.05) is 31.2 Å². The van der Waals surface area contributed by atoms with Crippen LogP contribution in [0.25, 0.3) is 10.9 Å². The smallest absolute Gasteiger partial charge is 0.336 e. The number of aryl methyl sites for hydroxylation is 1. The number of para-hydroxylation sites is 2. The van der Waals surface area contributed by atoms with Crippen molar-refractivity contribution < 1.29 is 23.1 Å². The third kappa shape index (κ3) is 7.30. The molecule has 0 spiro atoms. The molecule has 1 aromatic heterocycles. The Morgan fingerprint density at radius 2 is 1.57 bits per heavy atom. The van der Waals surface area contributed by atoms with Crippen molar-refractivity contribution in [3.05, 3.63) is 83.9 Å². The first-order valence-electron chi connectivity index (χ1n) is 12.7. The first-order chi connectivity index (χ1) is 18.8. The highest BCUT2D eigenvalue weighted by Gasteiger charge is 2.23. The summed E-state index contributed by atoms with van der Waals surface area (Å²) in [6.45, 7) is 4.76. The zero-order chi connectivity index (χ0) is 27.6. The van der Waals surface area contributed by atoms with Gasteiger partial charge in [-0.2, -0.15) is 0 Å². The molecule has 0 aliphatic carbocycles. The minimum absolute atomic E-state index is 0. The van der Waals surface area contributed by atoms with Gasteiger partial charge in [0, 0.05) is 37.3 Å². The van der Waals surface area contributed by atoms with Crippen molar-refractivity contribution in [1.82, 2.24) is 4.98 Å². The average Bonchev–Trinajstić information content (AvgIpc) is 2.96. The molecule has 0 unspecified atom stereocenters. The number of nitrogens with zero attached hydrogens (tertiary/aromatic N) is 3. The molecule has 13 heteroatoms. The summed E-state index contributed by atoms with van der Waals surface area (Å²) in [5.41, 5.74) is 2.87. The van der Waals surface area contributed by atoms with Gasteiger partial charge in [0.2, 0.25) is 0 Å². The molecule has 0 bridgehead atoms. The van der Waals surface area contributed by atoms with Crippen molar-refractivity contribution >= 4 is 81.3 Å². The zero-order valence-electron chi connectivity index (χ0n) is 23.0. The second-order valence-electron chi connectivity index (χ2n) is 9.31. The van der Waals surface area contributed by atoms with Crippen LogP contribution in [0, 0.1) is 0 Å². The quantitative estimate of drug-likeness (QED) is 0.242. The number of ether oxygens (including phenoxy) is 1. The number of hydrogen-bond acceptors (Lipinski definition) is 7. The molecule has 226 valence electrons. The van der Waals surface area contributed by atoms with Gasteiger partial charge in [0.05, 0.1) is 28.8 Å². The number of anilines is 3. The lowest BCUT2D eigenvalue weighted by Crippen LogP contribution is -2.47. The Kier molecular flexibility index (Phi) is 12.1. The summed E-state index contributed by atoms with van der Waals surface area (Å²) in [4.78, 5) is 21.4. The number of hydrogen-bond donors (Lipinski definition) is 2. The van der Waals surface area contributed by atoms with Gasteiger partial charge in [0.25, 0.3) is 10.0 Å². The van der Waals surface area contributed by atoms with Crippen molar-refractivity contribution in [3.63, 3.8) is 0 Å². The molecule has 1 fully saturated rings. The van der Waals surface area contributed by atoms with E-state index in [1.165, 1.54) is 6.07 Å². The van der Waals surface area contributed by atoms with Gasteiger partial charge >= 0.3 is 5.97 Å². The molecule has 0 radical (unpaired) electrons. The van der Waals surface area contributed by atoms with Crippen molar-refractivity contribution in [2.75, 3.05) is 47.8 Å². The summed E-state index contributed by atoms with van der Waals surface area (Å²) in [6, 6.07) is 20.9. The molecule has 5 rings (SSSR count). The number of carbonyl (C=O) groups is 1. The molecule has 9 nitrogen and oxygen atoms in total. The first-order valence-corrected chi connectivity index (χ1v) is 14.2. The van der Waals surface area contributed by atoms with E-state index in [0.717, 1.165) is 36.5 Å². The molecule has 2 heterocycles. The van der Waals surface area contributed by atoms with Gasteiger partial charge in [-0.15, -0.1) is 37.2 Å². The van der Waals surface area contributed by atoms with Crippen molar-refractivity contribution in [2.45, 2.75) is 18.2 Å². The fourth-order valence-corrected chi connectivity index (χ4v) is 5.85. The number of aromatic nitrogens is 1. The predicted molar refractivity (Wildman–Crippen MR) is 174 cm³/mol. The summed E-state index contributed by atoms with van der Waals surface area (Å²) in [7, 11) is -2.18. The van der Waals surface area contributed by atoms with Gasteiger partial charge in [0.15, 0.2) is 0 Å². The molecule has 3 aromatic carbocycles. The predicted octanol–water partition coefficient (Wildman–Crippen LogP) is 5.90. The number of benzene rings is 3. The summed E-state index contributed by atoms with van der Waals surface area (Å²) in [5.74, 6) is 0.280. The second-order valence-corrected chi connectivity index (χ2v) is 11.0. The molecule has 42 heavy (non-hydrogen) atoms. The van der Waals surface area contributed by atoms with Crippen LogP contribution >= 0.6 is 37.2 Å². The number of rotatable bonds is 8. The number of carboxylic acids is 1. The van der Waals surface area contributed by atoms with E-state index in [4.69, 9.17) is 9.72 Å². The molecule has 0 saturated carbocycles. The monoisotopic (exact) mass is 654 g/mol. The summed E-state index contributed by atoms with van der Waals surface area (Å²) >= 11 is 0. The number of piperazine rings is 1. The van der Waals surface area contributed by atoms with E-state index in [-0.39, 0.29) is 53.4 Å². The minimum atomic E-state index is -3.84.